The number of hydrogen-bond acceptors (Lipinski definition) is 3. The van der Waals surface area contributed by atoms with Crippen LogP contribution < -0.4 is 0 Å². The van der Waals surface area contributed by atoms with Gasteiger partial charge in [-0.05, 0) is 83.5 Å². The van der Waals surface area contributed by atoms with Gasteiger partial charge in [-0.1, -0.05) is 170 Å². The largest absolute Gasteiger partial charge is 0.208 e. The molecule has 1 aromatic heterocycles. The van der Waals surface area contributed by atoms with Crippen LogP contribution in [0.15, 0.2) is 188 Å². The average Bonchev–Trinajstić information content (AvgIpc) is 3.23. The highest BCUT2D eigenvalue weighted by molar-refractivity contribution is 6.27. The molecule has 3 nitrogen and oxygen atoms in total. The Bertz CT molecular complexity index is 2950. The Morgan fingerprint density at radius 3 is 1.48 bits per heavy atom. The molecule has 0 saturated carbocycles. The van der Waals surface area contributed by atoms with E-state index in [-0.39, 0.29) is 0 Å². The zero-order chi connectivity index (χ0) is 34.4. The molecule has 0 unspecified atom stereocenters. The van der Waals surface area contributed by atoms with Gasteiger partial charge in [0, 0.05) is 16.7 Å². The molecule has 0 aliphatic carbocycles. The third-order valence-corrected chi connectivity index (χ3v) is 10.1. The van der Waals surface area contributed by atoms with Crippen molar-refractivity contribution in [3.8, 4) is 56.4 Å². The zero-order valence-electron chi connectivity index (χ0n) is 28.2. The summed E-state index contributed by atoms with van der Waals surface area (Å²) in [7, 11) is 0. The molecule has 0 radical (unpaired) electrons. The van der Waals surface area contributed by atoms with Gasteiger partial charge < -0.3 is 0 Å². The van der Waals surface area contributed by atoms with Crippen LogP contribution in [0.25, 0.3) is 99.5 Å². The van der Waals surface area contributed by atoms with E-state index in [0.29, 0.717) is 17.5 Å². The van der Waals surface area contributed by atoms with E-state index in [1.165, 1.54) is 48.7 Å². The Hall–Kier alpha value is -6.97. The van der Waals surface area contributed by atoms with Gasteiger partial charge in [-0.25, -0.2) is 15.0 Å². The molecule has 0 spiro atoms. The highest BCUT2D eigenvalue weighted by atomic mass is 15.0. The first-order valence-corrected chi connectivity index (χ1v) is 17.6. The molecule has 52 heavy (non-hydrogen) atoms. The smallest absolute Gasteiger partial charge is 0.164 e. The van der Waals surface area contributed by atoms with E-state index in [1.807, 2.05) is 24.3 Å². The van der Waals surface area contributed by atoms with E-state index >= 15 is 0 Å². The summed E-state index contributed by atoms with van der Waals surface area (Å²) in [6, 6.07) is 66.5. The minimum absolute atomic E-state index is 0.637. The molecule has 10 rings (SSSR count). The number of hydrogen-bond donors (Lipinski definition) is 0. The maximum atomic E-state index is 5.13. The molecular weight excluding hydrogens is 631 g/mol. The first-order valence-electron chi connectivity index (χ1n) is 17.6. The van der Waals surface area contributed by atoms with Crippen LogP contribution in [0.1, 0.15) is 0 Å². The summed E-state index contributed by atoms with van der Waals surface area (Å²) >= 11 is 0. The van der Waals surface area contributed by atoms with Gasteiger partial charge in [-0.2, -0.15) is 0 Å². The number of fused-ring (bicyclic) bond motifs is 7. The predicted octanol–water partition coefficient (Wildman–Crippen LogP) is 12.8. The molecule has 0 aliphatic heterocycles. The average molecular weight is 662 g/mol. The van der Waals surface area contributed by atoms with Crippen molar-refractivity contribution in [2.75, 3.05) is 0 Å². The normalized spacial score (nSPS) is 11.5. The summed E-state index contributed by atoms with van der Waals surface area (Å²) in [5.74, 6) is 1.92. The van der Waals surface area contributed by atoms with Crippen LogP contribution in [0.4, 0.5) is 0 Å². The third-order valence-electron chi connectivity index (χ3n) is 10.1. The Morgan fingerprint density at radius 2 is 0.750 bits per heavy atom. The van der Waals surface area contributed by atoms with Gasteiger partial charge >= 0.3 is 0 Å². The van der Waals surface area contributed by atoms with E-state index in [9.17, 15) is 0 Å². The predicted molar refractivity (Wildman–Crippen MR) is 217 cm³/mol. The van der Waals surface area contributed by atoms with Gasteiger partial charge in [0.2, 0.25) is 0 Å². The first kappa shape index (κ1) is 29.9. The fourth-order valence-corrected chi connectivity index (χ4v) is 7.57. The van der Waals surface area contributed by atoms with Gasteiger partial charge in [0.1, 0.15) is 0 Å². The van der Waals surface area contributed by atoms with E-state index in [0.717, 1.165) is 33.4 Å². The monoisotopic (exact) mass is 661 g/mol. The highest BCUT2D eigenvalue weighted by Crippen LogP contribution is 2.41. The van der Waals surface area contributed by atoms with Gasteiger partial charge in [0.25, 0.3) is 0 Å². The lowest BCUT2D eigenvalue weighted by atomic mass is 9.88. The molecule has 242 valence electrons. The van der Waals surface area contributed by atoms with Crippen molar-refractivity contribution in [2.24, 2.45) is 0 Å². The van der Waals surface area contributed by atoms with Crippen molar-refractivity contribution in [1.29, 1.82) is 0 Å². The molecule has 0 fully saturated rings. The van der Waals surface area contributed by atoms with Crippen LogP contribution in [-0.2, 0) is 0 Å². The van der Waals surface area contributed by atoms with Crippen molar-refractivity contribution in [3.63, 3.8) is 0 Å². The summed E-state index contributed by atoms with van der Waals surface area (Å²) < 4.78 is 0. The summed E-state index contributed by atoms with van der Waals surface area (Å²) in [5.41, 5.74) is 7.39. The van der Waals surface area contributed by atoms with Crippen molar-refractivity contribution < 1.29 is 0 Å². The second-order valence-electron chi connectivity index (χ2n) is 13.2. The first-order chi connectivity index (χ1) is 25.8. The molecule has 10 aromatic rings. The van der Waals surface area contributed by atoms with E-state index in [1.54, 1.807) is 0 Å². The lowest BCUT2D eigenvalue weighted by Gasteiger charge is -2.15. The van der Waals surface area contributed by atoms with E-state index in [2.05, 4.69) is 164 Å². The van der Waals surface area contributed by atoms with Gasteiger partial charge in [0.15, 0.2) is 17.5 Å². The van der Waals surface area contributed by atoms with Crippen molar-refractivity contribution >= 4 is 43.1 Å². The fraction of sp³-hybridized carbons (Fsp3) is 0. The Balaban J connectivity index is 1.17. The zero-order valence-corrected chi connectivity index (χ0v) is 28.2. The lowest BCUT2D eigenvalue weighted by molar-refractivity contribution is 1.07. The molecule has 0 atom stereocenters. The second kappa shape index (κ2) is 12.4. The number of benzene rings is 9. The standard InChI is InChI=1S/C49H31N3/c1-3-13-32(14-4-1)35-19-11-21-38(29-35)48-50-47(34-16-5-2-6-17-34)51-49(52-48)39-22-12-20-36(30-39)45-31-37-18-8-10-24-41(37)46-43-26-25-33-15-7-9-23-40(33)42(43)27-28-44(45)46/h1-31H. The van der Waals surface area contributed by atoms with Crippen molar-refractivity contribution in [1.82, 2.24) is 15.0 Å². The Kier molecular flexibility index (Phi) is 7.14. The molecule has 3 heteroatoms. The molecule has 0 N–H and O–H groups in total. The molecule has 0 saturated heterocycles. The van der Waals surface area contributed by atoms with Crippen LogP contribution in [0.5, 0.6) is 0 Å². The van der Waals surface area contributed by atoms with Crippen molar-refractivity contribution in [3.05, 3.63) is 188 Å². The topological polar surface area (TPSA) is 38.7 Å². The van der Waals surface area contributed by atoms with Gasteiger partial charge in [-0.15, -0.1) is 0 Å². The molecule has 0 bridgehead atoms. The van der Waals surface area contributed by atoms with E-state index in [4.69, 9.17) is 15.0 Å². The number of rotatable bonds is 5. The highest BCUT2D eigenvalue weighted by Gasteiger charge is 2.16. The SMILES string of the molecule is c1ccc(-c2cccc(-c3nc(-c4ccccc4)nc(-c4cccc(-c5cc6ccccc6c6c5ccc5c7ccccc7ccc56)c4)n3)c2)cc1. The fourth-order valence-electron chi connectivity index (χ4n) is 7.57. The summed E-state index contributed by atoms with van der Waals surface area (Å²) in [6.07, 6.45) is 0. The van der Waals surface area contributed by atoms with Crippen LogP contribution >= 0.6 is 0 Å². The summed E-state index contributed by atoms with van der Waals surface area (Å²) in [6.45, 7) is 0. The molecule has 0 amide bonds. The number of aromatic nitrogens is 3. The molecule has 1 heterocycles. The second-order valence-corrected chi connectivity index (χ2v) is 13.2. The maximum Gasteiger partial charge on any atom is 0.164 e. The van der Waals surface area contributed by atoms with Gasteiger partial charge in [0.05, 0.1) is 0 Å². The molecule has 9 aromatic carbocycles. The van der Waals surface area contributed by atoms with Crippen molar-refractivity contribution in [2.45, 2.75) is 0 Å². The van der Waals surface area contributed by atoms with Crippen LogP contribution in [-0.4, -0.2) is 15.0 Å². The third kappa shape index (κ3) is 5.19. The van der Waals surface area contributed by atoms with E-state index < -0.39 is 0 Å². The quantitative estimate of drug-likeness (QED) is 0.172. The van der Waals surface area contributed by atoms with Gasteiger partial charge in [-0.3, -0.25) is 0 Å². The molecular formula is C49H31N3. The summed E-state index contributed by atoms with van der Waals surface area (Å²) in [5, 5.41) is 10.0. The Morgan fingerprint density at radius 1 is 0.250 bits per heavy atom. The maximum absolute atomic E-state index is 5.13. The molecule has 0 aliphatic rings. The number of nitrogens with zero attached hydrogens (tertiary/aromatic N) is 3. The van der Waals surface area contributed by atoms with Crippen LogP contribution in [0.2, 0.25) is 0 Å². The Labute approximate surface area is 301 Å². The van der Waals surface area contributed by atoms with Crippen LogP contribution in [0, 0.1) is 0 Å². The van der Waals surface area contributed by atoms with Crippen LogP contribution in [0.3, 0.4) is 0 Å². The lowest BCUT2D eigenvalue weighted by Crippen LogP contribution is -2.00. The minimum Gasteiger partial charge on any atom is -0.208 e. The minimum atomic E-state index is 0.637. The summed E-state index contributed by atoms with van der Waals surface area (Å²) in [4.78, 5) is 15.2.